The van der Waals surface area contributed by atoms with E-state index < -0.39 is 0 Å². The number of anilines is 1. The average Bonchev–Trinajstić information content (AvgIpc) is 2.92. The van der Waals surface area contributed by atoms with Crippen LogP contribution in [0.25, 0.3) is 5.78 Å². The van der Waals surface area contributed by atoms with Crippen LogP contribution in [-0.2, 0) is 11.2 Å². The highest BCUT2D eigenvalue weighted by atomic mass is 35.5. The SMILES string of the molecule is Cc1nc2nc(N)nn2c(C)c1CC(=O)N[C@@H](C)c1ccc(Cl)cc1. The second kappa shape index (κ2) is 6.68. The number of aromatic nitrogens is 4. The van der Waals surface area contributed by atoms with Gasteiger partial charge in [0.2, 0.25) is 11.9 Å². The Morgan fingerprint density at radius 1 is 1.28 bits per heavy atom. The minimum absolute atomic E-state index is 0.0945. The van der Waals surface area contributed by atoms with Gasteiger partial charge in [-0.15, -0.1) is 5.10 Å². The van der Waals surface area contributed by atoms with Crippen LogP contribution in [0.5, 0.6) is 0 Å². The molecule has 0 aliphatic carbocycles. The molecule has 0 radical (unpaired) electrons. The molecule has 130 valence electrons. The lowest BCUT2D eigenvalue weighted by molar-refractivity contribution is -0.121. The number of nitrogens with two attached hydrogens (primary N) is 1. The molecule has 0 fully saturated rings. The summed E-state index contributed by atoms with van der Waals surface area (Å²) in [5.74, 6) is 0.502. The van der Waals surface area contributed by atoms with E-state index in [2.05, 4.69) is 20.4 Å². The number of nitrogens with zero attached hydrogens (tertiary/aromatic N) is 4. The summed E-state index contributed by atoms with van der Waals surface area (Å²) in [6.45, 7) is 5.66. The zero-order valence-electron chi connectivity index (χ0n) is 14.2. The van der Waals surface area contributed by atoms with E-state index in [1.807, 2.05) is 32.9 Å². The molecule has 0 spiro atoms. The van der Waals surface area contributed by atoms with Crippen molar-refractivity contribution in [1.82, 2.24) is 24.9 Å². The van der Waals surface area contributed by atoms with Gasteiger partial charge in [0.25, 0.3) is 5.78 Å². The molecular weight excluding hydrogens is 340 g/mol. The predicted molar refractivity (Wildman–Crippen MR) is 96.4 cm³/mol. The maximum Gasteiger partial charge on any atom is 0.254 e. The molecule has 2 heterocycles. The van der Waals surface area contributed by atoms with Crippen molar-refractivity contribution in [3.8, 4) is 0 Å². The first-order valence-corrected chi connectivity index (χ1v) is 8.26. The standard InChI is InChI=1S/C17H19ClN6O/c1-9(12-4-6-13(18)7-5-12)20-15(25)8-14-10(2)21-17-22-16(19)23-24(17)11(14)3/h4-7,9H,8H2,1-3H3,(H2,19,23)(H,20,25)/t9-/m0/s1. The van der Waals surface area contributed by atoms with Crippen LogP contribution in [0.2, 0.25) is 5.02 Å². The monoisotopic (exact) mass is 358 g/mol. The largest absolute Gasteiger partial charge is 0.366 e. The Bertz CT molecular complexity index is 934. The predicted octanol–water partition coefficient (Wildman–Crippen LogP) is 2.40. The normalized spacial score (nSPS) is 12.3. The van der Waals surface area contributed by atoms with Gasteiger partial charge in [-0.1, -0.05) is 23.7 Å². The van der Waals surface area contributed by atoms with Crippen molar-refractivity contribution in [2.45, 2.75) is 33.2 Å². The molecule has 3 aromatic rings. The van der Waals surface area contributed by atoms with Crippen LogP contribution in [-0.4, -0.2) is 25.5 Å². The summed E-state index contributed by atoms with van der Waals surface area (Å²) in [5, 5.41) is 7.77. The van der Waals surface area contributed by atoms with Gasteiger partial charge in [-0.3, -0.25) is 4.79 Å². The molecule has 2 aromatic heterocycles. The first-order chi connectivity index (χ1) is 11.8. The third-order valence-electron chi connectivity index (χ3n) is 4.15. The van der Waals surface area contributed by atoms with Crippen molar-refractivity contribution in [2.24, 2.45) is 0 Å². The van der Waals surface area contributed by atoms with E-state index in [1.165, 1.54) is 0 Å². The summed E-state index contributed by atoms with van der Waals surface area (Å²) in [4.78, 5) is 20.9. The minimum atomic E-state index is -0.121. The summed E-state index contributed by atoms with van der Waals surface area (Å²) < 4.78 is 1.56. The molecule has 1 atom stereocenters. The van der Waals surface area contributed by atoms with Crippen LogP contribution in [0.3, 0.4) is 0 Å². The summed E-state index contributed by atoms with van der Waals surface area (Å²) in [7, 11) is 0. The van der Waals surface area contributed by atoms with Crippen LogP contribution >= 0.6 is 11.6 Å². The second-order valence-electron chi connectivity index (χ2n) is 5.96. The summed E-state index contributed by atoms with van der Waals surface area (Å²) in [6, 6.07) is 7.29. The fourth-order valence-corrected chi connectivity index (χ4v) is 2.89. The highest BCUT2D eigenvalue weighted by Gasteiger charge is 2.17. The van der Waals surface area contributed by atoms with Crippen molar-refractivity contribution in [1.29, 1.82) is 0 Å². The molecule has 0 unspecified atom stereocenters. The molecule has 25 heavy (non-hydrogen) atoms. The Kier molecular flexibility index (Phi) is 4.59. The number of nitrogen functional groups attached to an aromatic ring is 1. The van der Waals surface area contributed by atoms with Crippen molar-refractivity contribution in [3.05, 3.63) is 51.8 Å². The van der Waals surface area contributed by atoms with Gasteiger partial charge in [0, 0.05) is 22.0 Å². The van der Waals surface area contributed by atoms with Crippen LogP contribution < -0.4 is 11.1 Å². The van der Waals surface area contributed by atoms with E-state index in [0.717, 1.165) is 22.5 Å². The van der Waals surface area contributed by atoms with Gasteiger partial charge in [0.1, 0.15) is 0 Å². The molecule has 3 N–H and O–H groups in total. The lowest BCUT2D eigenvalue weighted by atomic mass is 10.1. The molecule has 8 heteroatoms. The third kappa shape index (κ3) is 3.56. The van der Waals surface area contributed by atoms with Gasteiger partial charge in [-0.25, -0.2) is 4.98 Å². The molecule has 1 amide bonds. The van der Waals surface area contributed by atoms with Gasteiger partial charge in [0.05, 0.1) is 12.5 Å². The van der Waals surface area contributed by atoms with E-state index in [0.29, 0.717) is 10.8 Å². The van der Waals surface area contributed by atoms with E-state index >= 15 is 0 Å². The summed E-state index contributed by atoms with van der Waals surface area (Å²) in [6.07, 6.45) is 0.207. The van der Waals surface area contributed by atoms with Crippen LogP contribution in [0.15, 0.2) is 24.3 Å². The maximum absolute atomic E-state index is 12.5. The Morgan fingerprint density at radius 3 is 2.64 bits per heavy atom. The lowest BCUT2D eigenvalue weighted by Gasteiger charge is -2.16. The number of benzene rings is 1. The van der Waals surface area contributed by atoms with E-state index in [-0.39, 0.29) is 24.3 Å². The number of amides is 1. The van der Waals surface area contributed by atoms with Crippen molar-refractivity contribution < 1.29 is 4.79 Å². The highest BCUT2D eigenvalue weighted by Crippen LogP contribution is 2.18. The lowest BCUT2D eigenvalue weighted by Crippen LogP contribution is -2.29. The first kappa shape index (κ1) is 17.2. The Balaban J connectivity index is 1.78. The van der Waals surface area contributed by atoms with Gasteiger partial charge in [-0.05, 0) is 38.5 Å². The molecular formula is C17H19ClN6O. The van der Waals surface area contributed by atoms with Crippen LogP contribution in [0.4, 0.5) is 5.95 Å². The van der Waals surface area contributed by atoms with Gasteiger partial charge >= 0.3 is 0 Å². The second-order valence-corrected chi connectivity index (χ2v) is 6.40. The van der Waals surface area contributed by atoms with Crippen molar-refractivity contribution >= 4 is 29.2 Å². The molecule has 1 aromatic carbocycles. The molecule has 0 aliphatic heterocycles. The number of fused-ring (bicyclic) bond motifs is 1. The topological polar surface area (TPSA) is 98.2 Å². The summed E-state index contributed by atoms with van der Waals surface area (Å²) >= 11 is 5.90. The number of hydrogen-bond donors (Lipinski definition) is 2. The zero-order chi connectivity index (χ0) is 18.1. The average molecular weight is 359 g/mol. The molecule has 7 nitrogen and oxygen atoms in total. The molecule has 0 bridgehead atoms. The minimum Gasteiger partial charge on any atom is -0.366 e. The van der Waals surface area contributed by atoms with Crippen molar-refractivity contribution in [3.63, 3.8) is 0 Å². The van der Waals surface area contributed by atoms with Crippen molar-refractivity contribution in [2.75, 3.05) is 5.73 Å². The smallest absolute Gasteiger partial charge is 0.254 e. The number of nitrogens with one attached hydrogen (secondary N) is 1. The highest BCUT2D eigenvalue weighted by molar-refractivity contribution is 6.30. The maximum atomic E-state index is 12.5. The number of aryl methyl sites for hydroxylation is 2. The number of rotatable bonds is 4. The Labute approximate surface area is 150 Å². The van der Waals surface area contributed by atoms with Gasteiger partial charge in [0.15, 0.2) is 0 Å². The molecule has 0 saturated carbocycles. The van der Waals surface area contributed by atoms with E-state index in [4.69, 9.17) is 17.3 Å². The fourth-order valence-electron chi connectivity index (χ4n) is 2.77. The zero-order valence-corrected chi connectivity index (χ0v) is 15.0. The number of hydrogen-bond acceptors (Lipinski definition) is 5. The Morgan fingerprint density at radius 2 is 1.96 bits per heavy atom. The van der Waals surface area contributed by atoms with Gasteiger partial charge < -0.3 is 11.1 Å². The third-order valence-corrected chi connectivity index (χ3v) is 4.40. The number of halogens is 1. The fraction of sp³-hybridized carbons (Fsp3) is 0.294. The summed E-state index contributed by atoms with van der Waals surface area (Å²) in [5.41, 5.74) is 8.99. The van der Waals surface area contributed by atoms with E-state index in [1.54, 1.807) is 16.6 Å². The number of carbonyl (C=O) groups excluding carboxylic acids is 1. The first-order valence-electron chi connectivity index (χ1n) is 7.88. The Hall–Kier alpha value is -2.67. The van der Waals surface area contributed by atoms with E-state index in [9.17, 15) is 4.79 Å². The quantitative estimate of drug-likeness (QED) is 0.746. The van der Waals surface area contributed by atoms with Crippen LogP contribution in [0, 0.1) is 13.8 Å². The van der Waals surface area contributed by atoms with Gasteiger partial charge in [-0.2, -0.15) is 9.50 Å². The molecule has 0 aliphatic rings. The molecule has 3 rings (SSSR count). The van der Waals surface area contributed by atoms with Crippen LogP contribution in [0.1, 0.15) is 35.5 Å². The number of carbonyl (C=O) groups is 1. The molecule has 0 saturated heterocycles.